The standard InChI is InChI=1S/C18H19N3O2/c1-21-12-13(10-19)9-16(21)18(22)20-11-15-7-8-23-17(15)14-5-3-2-4-6-14/h2-6,9,12,15,17H,7-8,11H2,1H3,(H,20,22)/t15-,17-/m1/s1. The summed E-state index contributed by atoms with van der Waals surface area (Å²) < 4.78 is 7.51. The van der Waals surface area contributed by atoms with Crippen molar-refractivity contribution in [2.45, 2.75) is 12.5 Å². The van der Waals surface area contributed by atoms with Gasteiger partial charge in [0.1, 0.15) is 11.8 Å². The van der Waals surface area contributed by atoms with Crippen LogP contribution in [-0.4, -0.2) is 23.6 Å². The Morgan fingerprint density at radius 2 is 2.22 bits per heavy atom. The van der Waals surface area contributed by atoms with E-state index in [2.05, 4.69) is 17.4 Å². The maximum Gasteiger partial charge on any atom is 0.267 e. The molecular weight excluding hydrogens is 290 g/mol. The molecule has 0 spiro atoms. The van der Waals surface area contributed by atoms with Gasteiger partial charge in [0.2, 0.25) is 0 Å². The zero-order valence-corrected chi connectivity index (χ0v) is 13.0. The summed E-state index contributed by atoms with van der Waals surface area (Å²) in [6.45, 7) is 1.27. The molecule has 1 saturated heterocycles. The van der Waals surface area contributed by atoms with Crippen LogP contribution in [0.3, 0.4) is 0 Å². The Labute approximate surface area is 135 Å². The number of carbonyl (C=O) groups is 1. The molecule has 0 aliphatic carbocycles. The number of nitriles is 1. The van der Waals surface area contributed by atoms with Crippen LogP contribution in [0.2, 0.25) is 0 Å². The average Bonchev–Trinajstić information content (AvgIpc) is 3.19. The fourth-order valence-corrected chi connectivity index (χ4v) is 3.02. The number of carbonyl (C=O) groups excluding carboxylic acids is 1. The van der Waals surface area contributed by atoms with E-state index in [1.165, 1.54) is 0 Å². The van der Waals surface area contributed by atoms with E-state index in [9.17, 15) is 4.79 Å². The van der Waals surface area contributed by atoms with E-state index in [0.29, 0.717) is 24.4 Å². The second-order valence-electron chi connectivity index (χ2n) is 5.80. The molecule has 0 radical (unpaired) electrons. The van der Waals surface area contributed by atoms with Crippen LogP contribution in [0.1, 0.15) is 34.1 Å². The van der Waals surface area contributed by atoms with Gasteiger partial charge in [-0.25, -0.2) is 0 Å². The number of rotatable bonds is 4. The van der Waals surface area contributed by atoms with Gasteiger partial charge in [0.15, 0.2) is 0 Å². The molecule has 23 heavy (non-hydrogen) atoms. The van der Waals surface area contributed by atoms with E-state index < -0.39 is 0 Å². The lowest BCUT2D eigenvalue weighted by atomic mass is 9.95. The molecule has 0 bridgehead atoms. The first-order chi connectivity index (χ1) is 11.2. The predicted octanol–water partition coefficient (Wildman–Crippen LogP) is 2.40. The molecule has 118 valence electrons. The van der Waals surface area contributed by atoms with Crippen molar-refractivity contribution in [1.82, 2.24) is 9.88 Å². The first kappa shape index (κ1) is 15.3. The van der Waals surface area contributed by atoms with Crippen molar-refractivity contribution in [3.63, 3.8) is 0 Å². The first-order valence-corrected chi connectivity index (χ1v) is 7.70. The van der Waals surface area contributed by atoms with E-state index in [0.717, 1.165) is 12.0 Å². The summed E-state index contributed by atoms with van der Waals surface area (Å²) in [4.78, 5) is 12.3. The third-order valence-corrected chi connectivity index (χ3v) is 4.23. The molecule has 1 N–H and O–H groups in total. The van der Waals surface area contributed by atoms with Crippen molar-refractivity contribution in [2.24, 2.45) is 13.0 Å². The summed E-state index contributed by atoms with van der Waals surface area (Å²) in [7, 11) is 1.77. The third kappa shape index (κ3) is 3.27. The topological polar surface area (TPSA) is 67.0 Å². The molecule has 1 aliphatic rings. The quantitative estimate of drug-likeness (QED) is 0.943. The van der Waals surface area contributed by atoms with Gasteiger partial charge < -0.3 is 14.6 Å². The monoisotopic (exact) mass is 309 g/mol. The zero-order valence-electron chi connectivity index (χ0n) is 13.0. The Bertz CT molecular complexity index is 730. The van der Waals surface area contributed by atoms with E-state index >= 15 is 0 Å². The Hall–Kier alpha value is -2.58. The molecular formula is C18H19N3O2. The van der Waals surface area contributed by atoms with Crippen LogP contribution in [0.15, 0.2) is 42.6 Å². The van der Waals surface area contributed by atoms with Crippen molar-refractivity contribution >= 4 is 5.91 Å². The Balaban J connectivity index is 1.64. The molecule has 2 aromatic rings. The molecule has 1 aliphatic heterocycles. The fourth-order valence-electron chi connectivity index (χ4n) is 3.02. The van der Waals surface area contributed by atoms with Crippen LogP contribution in [0.25, 0.3) is 0 Å². The highest BCUT2D eigenvalue weighted by Crippen LogP contribution is 2.33. The number of aromatic nitrogens is 1. The van der Waals surface area contributed by atoms with Gasteiger partial charge in [-0.2, -0.15) is 5.26 Å². The summed E-state index contributed by atoms with van der Waals surface area (Å²) in [5, 5.41) is 11.9. The summed E-state index contributed by atoms with van der Waals surface area (Å²) in [6, 6.07) is 13.8. The van der Waals surface area contributed by atoms with Crippen molar-refractivity contribution in [3.05, 3.63) is 59.4 Å². The predicted molar refractivity (Wildman–Crippen MR) is 85.7 cm³/mol. The fraction of sp³-hybridized carbons (Fsp3) is 0.333. The highest BCUT2D eigenvalue weighted by atomic mass is 16.5. The summed E-state index contributed by atoms with van der Waals surface area (Å²) >= 11 is 0. The normalized spacial score (nSPS) is 20.2. The summed E-state index contributed by atoms with van der Waals surface area (Å²) in [5.74, 6) is 0.102. The maximum atomic E-state index is 12.3. The summed E-state index contributed by atoms with van der Waals surface area (Å²) in [6.07, 6.45) is 2.61. The lowest BCUT2D eigenvalue weighted by Crippen LogP contribution is -2.31. The number of hydrogen-bond acceptors (Lipinski definition) is 3. The second-order valence-corrected chi connectivity index (χ2v) is 5.80. The van der Waals surface area contributed by atoms with E-state index in [-0.39, 0.29) is 17.9 Å². The van der Waals surface area contributed by atoms with Gasteiger partial charge in [0.25, 0.3) is 5.91 Å². The molecule has 2 heterocycles. The van der Waals surface area contributed by atoms with Gasteiger partial charge in [-0.05, 0) is 18.1 Å². The number of nitrogens with zero attached hydrogens (tertiary/aromatic N) is 2. The Kier molecular flexibility index (Phi) is 4.45. The van der Waals surface area contributed by atoms with Gasteiger partial charge >= 0.3 is 0 Å². The van der Waals surface area contributed by atoms with Crippen molar-refractivity contribution in [1.29, 1.82) is 5.26 Å². The maximum absolute atomic E-state index is 12.3. The number of hydrogen-bond donors (Lipinski definition) is 1. The molecule has 5 nitrogen and oxygen atoms in total. The largest absolute Gasteiger partial charge is 0.373 e. The molecule has 1 amide bonds. The highest BCUT2D eigenvalue weighted by molar-refractivity contribution is 5.93. The van der Waals surface area contributed by atoms with E-state index in [4.69, 9.17) is 10.00 Å². The molecule has 1 aromatic heterocycles. The zero-order chi connectivity index (χ0) is 16.2. The van der Waals surface area contributed by atoms with Crippen molar-refractivity contribution < 1.29 is 9.53 Å². The minimum absolute atomic E-state index is 0.0274. The van der Waals surface area contributed by atoms with Crippen LogP contribution >= 0.6 is 0 Å². The van der Waals surface area contributed by atoms with E-state index in [1.54, 1.807) is 23.9 Å². The SMILES string of the molecule is Cn1cc(C#N)cc1C(=O)NC[C@H]1CCO[C@@H]1c1ccccc1. The molecule has 1 aromatic carbocycles. The first-order valence-electron chi connectivity index (χ1n) is 7.70. The number of nitrogens with one attached hydrogen (secondary N) is 1. The smallest absolute Gasteiger partial charge is 0.267 e. The van der Waals surface area contributed by atoms with Crippen molar-refractivity contribution in [3.8, 4) is 6.07 Å². The van der Waals surface area contributed by atoms with Crippen LogP contribution < -0.4 is 5.32 Å². The van der Waals surface area contributed by atoms with Gasteiger partial charge in [0.05, 0.1) is 11.7 Å². The lowest BCUT2D eigenvalue weighted by molar-refractivity contribution is 0.0842. The molecule has 2 atom stereocenters. The van der Waals surface area contributed by atoms with Gasteiger partial charge in [-0.3, -0.25) is 4.79 Å². The molecule has 3 rings (SSSR count). The average molecular weight is 309 g/mol. The van der Waals surface area contributed by atoms with Gasteiger partial charge in [-0.15, -0.1) is 0 Å². The van der Waals surface area contributed by atoms with Crippen molar-refractivity contribution in [2.75, 3.05) is 13.2 Å². The second kappa shape index (κ2) is 6.67. The minimum Gasteiger partial charge on any atom is -0.373 e. The van der Waals surface area contributed by atoms with Crippen LogP contribution in [0.4, 0.5) is 0 Å². The molecule has 0 saturated carbocycles. The summed E-state index contributed by atoms with van der Waals surface area (Å²) in [5.41, 5.74) is 2.13. The molecule has 5 heteroatoms. The third-order valence-electron chi connectivity index (χ3n) is 4.23. The Morgan fingerprint density at radius 3 is 2.91 bits per heavy atom. The van der Waals surface area contributed by atoms with Crippen LogP contribution in [-0.2, 0) is 11.8 Å². The number of aryl methyl sites for hydroxylation is 1. The number of benzene rings is 1. The van der Waals surface area contributed by atoms with Gasteiger partial charge in [0, 0.05) is 32.3 Å². The molecule has 1 fully saturated rings. The van der Waals surface area contributed by atoms with Crippen LogP contribution in [0.5, 0.6) is 0 Å². The highest BCUT2D eigenvalue weighted by Gasteiger charge is 2.30. The van der Waals surface area contributed by atoms with Crippen LogP contribution in [0, 0.1) is 17.2 Å². The number of ether oxygens (including phenoxy) is 1. The van der Waals surface area contributed by atoms with E-state index in [1.807, 2.05) is 24.3 Å². The molecule has 0 unspecified atom stereocenters. The van der Waals surface area contributed by atoms with Gasteiger partial charge in [-0.1, -0.05) is 30.3 Å². The minimum atomic E-state index is -0.160. The lowest BCUT2D eigenvalue weighted by Gasteiger charge is -2.19. The number of amides is 1. The Morgan fingerprint density at radius 1 is 1.43 bits per heavy atom.